The van der Waals surface area contributed by atoms with Crippen molar-refractivity contribution in [1.29, 1.82) is 0 Å². The van der Waals surface area contributed by atoms with Crippen molar-refractivity contribution in [3.63, 3.8) is 0 Å². The molecule has 3 heteroatoms. The maximum atomic E-state index is 11.4. The highest BCUT2D eigenvalue weighted by atomic mass is 16.3. The van der Waals surface area contributed by atoms with Gasteiger partial charge in [-0.3, -0.25) is 0 Å². The summed E-state index contributed by atoms with van der Waals surface area (Å²) in [6, 6.07) is 0. The highest BCUT2D eigenvalue weighted by molar-refractivity contribution is 5.11. The lowest BCUT2D eigenvalue weighted by molar-refractivity contribution is -0.174. The van der Waals surface area contributed by atoms with Crippen molar-refractivity contribution in [2.75, 3.05) is 6.61 Å². The number of fused-ring (bicyclic) bond motifs is 5. The van der Waals surface area contributed by atoms with Crippen molar-refractivity contribution in [2.24, 2.45) is 52.3 Å². The SMILES string of the molecule is C[C@H](CO)CCC[C@@H](C)[C@H]1CC[C@H]2[C@@H]3[C@H](O)C[C@H]4C[C@@H](O)CC[C@]4(C)[C@H]3CC[C@]12C. The van der Waals surface area contributed by atoms with E-state index in [9.17, 15) is 15.3 Å². The molecule has 0 aromatic heterocycles. The monoisotopic (exact) mass is 420 g/mol. The van der Waals surface area contributed by atoms with E-state index in [0.717, 1.165) is 43.9 Å². The molecule has 0 aromatic rings. The minimum Gasteiger partial charge on any atom is -0.396 e. The van der Waals surface area contributed by atoms with Crippen molar-refractivity contribution >= 4 is 0 Å². The van der Waals surface area contributed by atoms with Gasteiger partial charge in [-0.05, 0) is 110 Å². The second kappa shape index (κ2) is 8.67. The van der Waals surface area contributed by atoms with Gasteiger partial charge in [-0.1, -0.05) is 40.5 Å². The molecule has 0 spiro atoms. The van der Waals surface area contributed by atoms with Gasteiger partial charge in [-0.2, -0.15) is 0 Å². The van der Waals surface area contributed by atoms with Crippen LogP contribution in [0.4, 0.5) is 0 Å². The summed E-state index contributed by atoms with van der Waals surface area (Å²) in [4.78, 5) is 0. The highest BCUT2D eigenvalue weighted by Gasteiger charge is 2.62. The van der Waals surface area contributed by atoms with Crippen LogP contribution in [0.2, 0.25) is 0 Å². The third-order valence-electron chi connectivity index (χ3n) is 11.1. The van der Waals surface area contributed by atoms with Gasteiger partial charge in [0.15, 0.2) is 0 Å². The zero-order chi connectivity index (χ0) is 21.7. The molecule has 4 fully saturated rings. The first-order valence-corrected chi connectivity index (χ1v) is 13.2. The Kier molecular flexibility index (Phi) is 6.66. The van der Waals surface area contributed by atoms with Crippen LogP contribution in [-0.2, 0) is 0 Å². The lowest BCUT2D eigenvalue weighted by Crippen LogP contribution is -2.58. The average molecular weight is 421 g/mol. The van der Waals surface area contributed by atoms with Gasteiger partial charge in [0.2, 0.25) is 0 Å². The predicted molar refractivity (Wildman–Crippen MR) is 122 cm³/mol. The average Bonchev–Trinajstić information content (AvgIpc) is 3.06. The summed E-state index contributed by atoms with van der Waals surface area (Å²) in [6.45, 7) is 10.0. The Morgan fingerprint density at radius 1 is 0.867 bits per heavy atom. The quantitative estimate of drug-likeness (QED) is 0.538. The van der Waals surface area contributed by atoms with Crippen molar-refractivity contribution in [3.05, 3.63) is 0 Å². The Morgan fingerprint density at radius 2 is 1.57 bits per heavy atom. The van der Waals surface area contributed by atoms with Crippen molar-refractivity contribution in [2.45, 2.75) is 111 Å². The predicted octanol–water partition coefficient (Wildman–Crippen LogP) is 5.41. The molecule has 11 atom stereocenters. The molecule has 4 saturated carbocycles. The number of hydrogen-bond acceptors (Lipinski definition) is 3. The fraction of sp³-hybridized carbons (Fsp3) is 1.00. The fourth-order valence-corrected chi connectivity index (χ4v) is 9.26. The summed E-state index contributed by atoms with van der Waals surface area (Å²) >= 11 is 0. The number of aliphatic hydroxyl groups excluding tert-OH is 3. The third-order valence-corrected chi connectivity index (χ3v) is 11.1. The Hall–Kier alpha value is -0.120. The standard InChI is InChI=1S/C27H48O3/c1-17(16-28)6-5-7-18(2)21-8-9-22-25-23(11-13-27(21,22)4)26(3)12-10-20(29)14-19(26)15-24(25)30/h17-25,28-30H,5-16H2,1-4H3/t17-,18+,19+,20-,21+,22-,23-,24+,25-,26-,27+/m0/s1. The van der Waals surface area contributed by atoms with Gasteiger partial charge in [0.1, 0.15) is 0 Å². The van der Waals surface area contributed by atoms with Crippen molar-refractivity contribution < 1.29 is 15.3 Å². The normalized spacial score (nSPS) is 50.3. The molecular weight excluding hydrogens is 372 g/mol. The molecular formula is C27H48O3. The summed E-state index contributed by atoms with van der Waals surface area (Å²) in [5, 5.41) is 30.9. The largest absolute Gasteiger partial charge is 0.396 e. The molecule has 30 heavy (non-hydrogen) atoms. The number of hydrogen-bond donors (Lipinski definition) is 3. The van der Waals surface area contributed by atoms with Crippen LogP contribution < -0.4 is 0 Å². The molecule has 0 bridgehead atoms. The van der Waals surface area contributed by atoms with Gasteiger partial charge in [-0.25, -0.2) is 0 Å². The van der Waals surface area contributed by atoms with Gasteiger partial charge in [0.25, 0.3) is 0 Å². The van der Waals surface area contributed by atoms with E-state index in [4.69, 9.17) is 0 Å². The molecule has 4 aliphatic rings. The molecule has 174 valence electrons. The van der Waals surface area contributed by atoms with Gasteiger partial charge >= 0.3 is 0 Å². The van der Waals surface area contributed by atoms with Crippen LogP contribution in [0.3, 0.4) is 0 Å². The third kappa shape index (κ3) is 3.79. The van der Waals surface area contributed by atoms with Crippen LogP contribution in [0.15, 0.2) is 0 Å². The summed E-state index contributed by atoms with van der Waals surface area (Å²) in [5.41, 5.74) is 0.718. The zero-order valence-electron chi connectivity index (χ0n) is 20.0. The second-order valence-electron chi connectivity index (χ2n) is 12.6. The minimum atomic E-state index is -0.164. The minimum absolute atomic E-state index is 0.147. The summed E-state index contributed by atoms with van der Waals surface area (Å²) in [7, 11) is 0. The lowest BCUT2D eigenvalue weighted by Gasteiger charge is -2.62. The maximum Gasteiger partial charge on any atom is 0.0577 e. The van der Waals surface area contributed by atoms with E-state index in [1.807, 2.05) is 0 Å². The Balaban J connectivity index is 1.47. The highest BCUT2D eigenvalue weighted by Crippen LogP contribution is 2.68. The number of aliphatic hydroxyl groups is 3. The van der Waals surface area contributed by atoms with Gasteiger partial charge in [0.05, 0.1) is 12.2 Å². The van der Waals surface area contributed by atoms with E-state index < -0.39 is 0 Å². The van der Waals surface area contributed by atoms with Gasteiger partial charge in [-0.15, -0.1) is 0 Å². The van der Waals surface area contributed by atoms with E-state index in [0.29, 0.717) is 47.0 Å². The fourth-order valence-electron chi connectivity index (χ4n) is 9.26. The zero-order valence-corrected chi connectivity index (χ0v) is 20.0. The van der Waals surface area contributed by atoms with Gasteiger partial charge in [0, 0.05) is 6.61 Å². The van der Waals surface area contributed by atoms with Crippen molar-refractivity contribution in [3.8, 4) is 0 Å². The first kappa shape index (κ1) is 23.1. The van der Waals surface area contributed by atoms with Gasteiger partial charge < -0.3 is 15.3 Å². The summed E-state index contributed by atoms with van der Waals surface area (Å²) in [6.07, 6.45) is 12.5. The van der Waals surface area contributed by atoms with Crippen LogP contribution in [0.25, 0.3) is 0 Å². The molecule has 0 aromatic carbocycles. The van der Waals surface area contributed by atoms with Crippen LogP contribution in [0, 0.1) is 52.3 Å². The molecule has 3 N–H and O–H groups in total. The topological polar surface area (TPSA) is 60.7 Å². The van der Waals surface area contributed by atoms with Crippen LogP contribution in [0.1, 0.15) is 98.3 Å². The van der Waals surface area contributed by atoms with E-state index in [1.54, 1.807) is 0 Å². The molecule has 4 rings (SSSR count). The summed E-state index contributed by atoms with van der Waals surface area (Å²) < 4.78 is 0. The first-order valence-electron chi connectivity index (χ1n) is 13.2. The first-order chi connectivity index (χ1) is 14.2. The molecule has 0 heterocycles. The van der Waals surface area contributed by atoms with Crippen LogP contribution in [-0.4, -0.2) is 34.1 Å². The van der Waals surface area contributed by atoms with E-state index in [2.05, 4.69) is 27.7 Å². The Labute approximate surface area is 185 Å². The lowest BCUT2D eigenvalue weighted by atomic mass is 9.43. The maximum absolute atomic E-state index is 11.4. The molecule has 0 unspecified atom stereocenters. The molecule has 0 amide bonds. The second-order valence-corrected chi connectivity index (χ2v) is 12.6. The van der Waals surface area contributed by atoms with Crippen molar-refractivity contribution in [1.82, 2.24) is 0 Å². The molecule has 0 saturated heterocycles. The number of rotatable bonds is 6. The Bertz CT molecular complexity index is 593. The van der Waals surface area contributed by atoms with E-state index in [1.165, 1.54) is 38.5 Å². The van der Waals surface area contributed by atoms with E-state index >= 15 is 0 Å². The van der Waals surface area contributed by atoms with Crippen LogP contribution >= 0.6 is 0 Å². The molecule has 3 nitrogen and oxygen atoms in total. The van der Waals surface area contributed by atoms with Crippen LogP contribution in [0.5, 0.6) is 0 Å². The summed E-state index contributed by atoms with van der Waals surface area (Å²) in [5.74, 6) is 4.28. The van der Waals surface area contributed by atoms with E-state index in [-0.39, 0.29) is 12.2 Å². The Morgan fingerprint density at radius 3 is 2.30 bits per heavy atom. The molecule has 4 aliphatic carbocycles. The molecule has 0 aliphatic heterocycles. The molecule has 0 radical (unpaired) electrons. The smallest absolute Gasteiger partial charge is 0.0577 e.